The molecule has 2 heterocycles. The third-order valence-electron chi connectivity index (χ3n) is 3.80. The largest absolute Gasteiger partial charge is 0.458 e. The molecule has 0 saturated carbocycles. The number of H-pyrrole nitrogens is 1. The van der Waals surface area contributed by atoms with Crippen LogP contribution >= 0.6 is 12.2 Å². The Bertz CT molecular complexity index is 974. The zero-order valence-electron chi connectivity index (χ0n) is 17.2. The van der Waals surface area contributed by atoms with Gasteiger partial charge in [-0.1, -0.05) is 26.1 Å². The lowest BCUT2D eigenvalue weighted by Gasteiger charge is -2.24. The quantitative estimate of drug-likeness (QED) is 0.268. The van der Waals surface area contributed by atoms with Gasteiger partial charge >= 0.3 is 11.7 Å². The number of aromatic nitrogens is 2. The van der Waals surface area contributed by atoms with Crippen LogP contribution in [-0.2, 0) is 14.3 Å². The lowest BCUT2D eigenvalue weighted by Crippen LogP contribution is -2.46. The van der Waals surface area contributed by atoms with Crippen molar-refractivity contribution in [3.05, 3.63) is 26.9 Å². The summed E-state index contributed by atoms with van der Waals surface area (Å²) in [5.41, 5.74) is 3.97. The van der Waals surface area contributed by atoms with Crippen LogP contribution in [0.15, 0.2) is 11.0 Å². The van der Waals surface area contributed by atoms with Gasteiger partial charge in [0.25, 0.3) is 5.85 Å². The van der Waals surface area contributed by atoms with E-state index in [2.05, 4.69) is 9.47 Å². The summed E-state index contributed by atoms with van der Waals surface area (Å²) in [7, 11) is 0. The highest BCUT2D eigenvalue weighted by molar-refractivity contribution is 7.71. The number of aliphatic hydroxyl groups excluding tert-OH is 2. The number of nitrogens with zero attached hydrogens (tertiary/aromatic N) is 1. The number of carbonyl (C=O) groups excluding carboxylic acids is 2. The minimum atomic E-state index is -3.99. The number of hydrogen-bond acceptors (Lipinski definition) is 9. The van der Waals surface area contributed by atoms with E-state index in [4.69, 9.17) is 22.1 Å². The molecule has 12 heteroatoms. The van der Waals surface area contributed by atoms with Gasteiger partial charge in [-0.15, -0.1) is 0 Å². The molecule has 1 aromatic rings. The predicted octanol–water partition coefficient (Wildman–Crippen LogP) is -0.839. The number of esters is 1. The molecule has 2 rings (SSSR count). The van der Waals surface area contributed by atoms with Crippen LogP contribution in [0.25, 0.3) is 0 Å². The number of aromatic amines is 1. The Labute approximate surface area is 161 Å². The van der Waals surface area contributed by atoms with Crippen molar-refractivity contribution >= 4 is 24.5 Å². The number of carbonyl (C=O) groups is 2. The molecule has 27 heavy (non-hydrogen) atoms. The van der Waals surface area contributed by atoms with Crippen molar-refractivity contribution in [2.24, 2.45) is 11.7 Å². The molecule has 0 radical (unpaired) electrons. The van der Waals surface area contributed by atoms with Gasteiger partial charge in [-0.3, -0.25) is 19.1 Å². The third-order valence-corrected chi connectivity index (χ3v) is 4.14. The van der Waals surface area contributed by atoms with Gasteiger partial charge in [0.05, 0.1) is 9.68 Å². The Balaban J connectivity index is 2.51. The highest BCUT2D eigenvalue weighted by Gasteiger charge is 2.57. The van der Waals surface area contributed by atoms with Crippen molar-refractivity contribution in [3.63, 3.8) is 0 Å². The summed E-state index contributed by atoms with van der Waals surface area (Å²) in [4.78, 5) is 37.2. The van der Waals surface area contributed by atoms with Crippen molar-refractivity contribution in [1.82, 2.24) is 9.55 Å². The van der Waals surface area contributed by atoms with E-state index in [0.29, 0.717) is 6.20 Å². The van der Waals surface area contributed by atoms with E-state index in [0.717, 1.165) is 0 Å². The molecule has 0 spiro atoms. The van der Waals surface area contributed by atoms with Crippen LogP contribution in [0.3, 0.4) is 0 Å². The fourth-order valence-corrected chi connectivity index (χ4v) is 2.27. The smallest absolute Gasteiger partial charge is 0.328 e. The summed E-state index contributed by atoms with van der Waals surface area (Å²) in [5, 5.41) is 20.4. The van der Waals surface area contributed by atoms with E-state index in [-0.39, 0.29) is 21.1 Å². The number of ether oxygens (including phenoxy) is 2. The number of aliphatic hydroxyl groups is 2. The van der Waals surface area contributed by atoms with E-state index in [9.17, 15) is 24.6 Å². The second-order valence-corrected chi connectivity index (χ2v) is 6.51. The molecule has 10 nitrogen and oxygen atoms in total. The molecule has 0 aromatic carbocycles. The first-order valence-corrected chi connectivity index (χ1v) is 8.08. The molecule has 0 amide bonds. The SMILES string of the molecule is [2H]C([2H])(OC(=O)[C@@H](N)C(C)C)[C@@]1(F)O[C@@]([2H])(n2cc(C=O)c(=S)[nH]c2=O)[C@H](O)[C@@H]1O. The maximum Gasteiger partial charge on any atom is 0.328 e. The Morgan fingerprint density at radius 2 is 2.33 bits per heavy atom. The van der Waals surface area contributed by atoms with E-state index >= 15 is 4.39 Å². The second kappa shape index (κ2) is 7.94. The average Bonchev–Trinajstić information content (AvgIpc) is 2.82. The number of aldehydes is 1. The Kier molecular flexibility index (Phi) is 5.04. The number of halogens is 1. The monoisotopic (exact) mass is 408 g/mol. The van der Waals surface area contributed by atoms with Gasteiger partial charge in [0.2, 0.25) is 0 Å². The summed E-state index contributed by atoms with van der Waals surface area (Å²) in [5.74, 6) is -5.87. The fraction of sp³-hybridized carbons (Fsp3) is 0.600. The molecule has 0 unspecified atom stereocenters. The lowest BCUT2D eigenvalue weighted by molar-refractivity contribution is -0.217. The number of alkyl halides is 1. The molecule has 0 bridgehead atoms. The highest BCUT2D eigenvalue weighted by Crippen LogP contribution is 2.38. The molecule has 1 aliphatic rings. The number of nitrogens with one attached hydrogen (secondary N) is 1. The van der Waals surface area contributed by atoms with Crippen molar-refractivity contribution in [2.45, 2.75) is 44.2 Å². The fourth-order valence-electron chi connectivity index (χ4n) is 2.08. The van der Waals surface area contributed by atoms with Gasteiger partial charge in [0, 0.05) is 6.20 Å². The van der Waals surface area contributed by atoms with Crippen molar-refractivity contribution < 1.29 is 37.8 Å². The van der Waals surface area contributed by atoms with Gasteiger partial charge < -0.3 is 25.4 Å². The minimum absolute atomic E-state index is 0.201. The molecule has 150 valence electrons. The maximum absolute atomic E-state index is 15.5. The van der Waals surface area contributed by atoms with Crippen LogP contribution < -0.4 is 11.4 Å². The summed E-state index contributed by atoms with van der Waals surface area (Å²) in [6.07, 6.45) is -7.64. The molecular formula is C15H20FN3O7S. The predicted molar refractivity (Wildman–Crippen MR) is 91.0 cm³/mol. The number of hydrogen-bond donors (Lipinski definition) is 4. The van der Waals surface area contributed by atoms with Crippen LogP contribution in [0.1, 0.15) is 34.5 Å². The first kappa shape index (κ1) is 17.1. The zero-order valence-corrected chi connectivity index (χ0v) is 15.0. The Morgan fingerprint density at radius 3 is 2.89 bits per heavy atom. The summed E-state index contributed by atoms with van der Waals surface area (Å²) in [6.45, 7) is -0.705. The normalized spacial score (nSPS) is 33.8. The van der Waals surface area contributed by atoms with Gasteiger partial charge in [-0.25, -0.2) is 9.18 Å². The molecule has 1 aromatic heterocycles. The van der Waals surface area contributed by atoms with Crippen LogP contribution in [0.5, 0.6) is 0 Å². The third kappa shape index (κ3) is 4.14. The Morgan fingerprint density at radius 1 is 1.70 bits per heavy atom. The summed E-state index contributed by atoms with van der Waals surface area (Å²) < 4.78 is 48.2. The lowest BCUT2D eigenvalue weighted by atomic mass is 10.1. The van der Waals surface area contributed by atoms with Gasteiger partial charge in [0.1, 0.15) is 22.9 Å². The molecule has 0 aliphatic carbocycles. The average molecular weight is 408 g/mol. The molecule has 5 atom stereocenters. The first-order valence-electron chi connectivity index (χ1n) is 9.17. The molecule has 5 N–H and O–H groups in total. The van der Waals surface area contributed by atoms with Crippen LogP contribution in [0.4, 0.5) is 4.39 Å². The molecule has 1 aliphatic heterocycles. The second-order valence-electron chi connectivity index (χ2n) is 6.10. The van der Waals surface area contributed by atoms with E-state index < -0.39 is 54.4 Å². The van der Waals surface area contributed by atoms with Gasteiger partial charge in [-0.05, 0) is 5.92 Å². The number of rotatable bonds is 6. The molecule has 1 saturated heterocycles. The van der Waals surface area contributed by atoms with Gasteiger partial charge in [0.15, 0.2) is 19.0 Å². The van der Waals surface area contributed by atoms with E-state index in [1.165, 1.54) is 13.8 Å². The van der Waals surface area contributed by atoms with E-state index in [1.807, 2.05) is 4.98 Å². The van der Waals surface area contributed by atoms with Crippen molar-refractivity contribution in [3.8, 4) is 0 Å². The Hall–Kier alpha value is -1.99. The van der Waals surface area contributed by atoms with Crippen molar-refractivity contribution in [2.75, 3.05) is 6.56 Å². The van der Waals surface area contributed by atoms with Gasteiger partial charge in [-0.2, -0.15) is 0 Å². The summed E-state index contributed by atoms with van der Waals surface area (Å²) in [6, 6.07) is -1.35. The molecular weight excluding hydrogens is 385 g/mol. The van der Waals surface area contributed by atoms with Crippen LogP contribution in [-0.4, -0.2) is 62.7 Å². The van der Waals surface area contributed by atoms with Crippen molar-refractivity contribution in [1.29, 1.82) is 0 Å². The highest BCUT2D eigenvalue weighted by atomic mass is 32.1. The maximum atomic E-state index is 15.5. The van der Waals surface area contributed by atoms with Crippen LogP contribution in [0.2, 0.25) is 0 Å². The standard InChI is InChI=1S/C15H20FN3O7S/c1-6(2)8(17)13(23)25-5-15(16)10(22)9(21)12(26-15)19-3-7(4-20)11(27)18-14(19)24/h3-4,6,8-10,12,21-22H,5,17H2,1-2H3,(H,18,24,27)/t8-,9+,10-,12+,15+/m0/s1/i5D2,12D. The summed E-state index contributed by atoms with van der Waals surface area (Å²) >= 11 is 4.74. The van der Waals surface area contributed by atoms with E-state index in [1.54, 1.807) is 0 Å². The first-order chi connectivity index (χ1) is 13.6. The topological polar surface area (TPSA) is 157 Å². The van der Waals surface area contributed by atoms with Crippen LogP contribution in [0, 0.1) is 10.6 Å². The molecule has 1 fully saturated rings. The minimum Gasteiger partial charge on any atom is -0.458 e. The number of nitrogens with two attached hydrogens (primary N) is 1. The zero-order chi connectivity index (χ0) is 23.2.